The van der Waals surface area contributed by atoms with Crippen LogP contribution in [-0.2, 0) is 6.54 Å². The van der Waals surface area contributed by atoms with Crippen LogP contribution in [0, 0.1) is 10.1 Å². The second-order valence-corrected chi connectivity index (χ2v) is 6.43. The summed E-state index contributed by atoms with van der Waals surface area (Å²) in [6, 6.07) is 17.2. The van der Waals surface area contributed by atoms with E-state index >= 15 is 0 Å². The highest BCUT2D eigenvalue weighted by atomic mass is 79.9. The Kier molecular flexibility index (Phi) is 5.00. The Morgan fingerprint density at radius 1 is 0.920 bits per heavy atom. The number of carbonyl (C=O) groups excluding carboxylic acids is 1. The molecule has 0 N–H and O–H groups in total. The minimum Gasteiger partial charge on any atom is -0.289 e. The summed E-state index contributed by atoms with van der Waals surface area (Å²) in [5.74, 6) is -0.161. The molecule has 1 heterocycles. The Morgan fingerprint density at radius 2 is 1.48 bits per heavy atom. The molecule has 0 aliphatic heterocycles. The van der Waals surface area contributed by atoms with E-state index in [1.807, 2.05) is 41.2 Å². The third kappa shape index (κ3) is 4.16. The maximum absolute atomic E-state index is 12.5. The van der Waals surface area contributed by atoms with Crippen molar-refractivity contribution in [3.63, 3.8) is 0 Å². The van der Waals surface area contributed by atoms with Gasteiger partial charge in [-0.2, -0.15) is 0 Å². The molecule has 0 amide bonds. The zero-order valence-corrected chi connectivity index (χ0v) is 14.7. The molecule has 0 atom stereocenters. The zero-order valence-electron chi connectivity index (χ0n) is 13.1. The van der Waals surface area contributed by atoms with E-state index < -0.39 is 4.92 Å². The van der Waals surface area contributed by atoms with Crippen LogP contribution in [0.15, 0.2) is 77.5 Å². The largest absolute Gasteiger partial charge is 0.289 e. The summed E-state index contributed by atoms with van der Waals surface area (Å²) < 4.78 is 3.01. The van der Waals surface area contributed by atoms with Gasteiger partial charge in [0.05, 0.1) is 4.92 Å². The Morgan fingerprint density at radius 3 is 2.04 bits per heavy atom. The Hall–Kier alpha value is -2.86. The number of nitro benzene ring substituents is 1. The molecular formula is C19H14BrN2O3+. The van der Waals surface area contributed by atoms with Crippen LogP contribution in [0.1, 0.15) is 21.5 Å². The van der Waals surface area contributed by atoms with Crippen molar-refractivity contribution in [1.29, 1.82) is 0 Å². The Balaban J connectivity index is 1.73. The van der Waals surface area contributed by atoms with E-state index in [1.165, 1.54) is 24.3 Å². The number of nitro groups is 1. The second kappa shape index (κ2) is 7.36. The highest BCUT2D eigenvalue weighted by Gasteiger charge is 2.13. The summed E-state index contributed by atoms with van der Waals surface area (Å²) >= 11 is 3.41. The molecule has 0 aliphatic carbocycles. The average molecular weight is 398 g/mol. The number of pyridine rings is 1. The number of nitrogens with zero attached hydrogens (tertiary/aromatic N) is 2. The molecule has 2 aromatic carbocycles. The first-order valence-electron chi connectivity index (χ1n) is 7.55. The van der Waals surface area contributed by atoms with Gasteiger partial charge in [-0.1, -0.05) is 28.1 Å². The number of hydrogen-bond acceptors (Lipinski definition) is 3. The molecule has 124 valence electrons. The van der Waals surface area contributed by atoms with E-state index in [9.17, 15) is 14.9 Å². The highest BCUT2D eigenvalue weighted by molar-refractivity contribution is 9.10. The van der Waals surface area contributed by atoms with Gasteiger partial charge in [0, 0.05) is 45.4 Å². The predicted octanol–water partition coefficient (Wildman–Crippen LogP) is 3.92. The third-order valence-corrected chi connectivity index (χ3v) is 4.30. The lowest BCUT2D eigenvalue weighted by Crippen LogP contribution is -2.33. The SMILES string of the molecule is O=C(c1ccc([N+](=O)[O-])cc1)c1cc[n+](Cc2ccc(Br)cc2)cc1. The molecule has 3 rings (SSSR count). The van der Waals surface area contributed by atoms with Crippen molar-refractivity contribution in [3.05, 3.63) is 104 Å². The molecule has 0 unspecified atom stereocenters. The van der Waals surface area contributed by atoms with Gasteiger partial charge in [0.2, 0.25) is 0 Å². The van der Waals surface area contributed by atoms with E-state index in [4.69, 9.17) is 0 Å². The molecule has 25 heavy (non-hydrogen) atoms. The Bertz CT molecular complexity index is 905. The molecular weight excluding hydrogens is 384 g/mol. The molecule has 5 nitrogen and oxygen atoms in total. The van der Waals surface area contributed by atoms with Crippen molar-refractivity contribution in [2.75, 3.05) is 0 Å². The minimum absolute atomic E-state index is 0.0306. The fourth-order valence-corrected chi connectivity index (χ4v) is 2.68. The van der Waals surface area contributed by atoms with Gasteiger partial charge >= 0.3 is 0 Å². The van der Waals surface area contributed by atoms with Crippen molar-refractivity contribution < 1.29 is 14.3 Å². The van der Waals surface area contributed by atoms with E-state index in [1.54, 1.807) is 12.1 Å². The van der Waals surface area contributed by atoms with E-state index in [0.717, 1.165) is 10.0 Å². The van der Waals surface area contributed by atoms with Gasteiger partial charge in [0.1, 0.15) is 0 Å². The van der Waals surface area contributed by atoms with Crippen molar-refractivity contribution in [3.8, 4) is 0 Å². The first-order valence-corrected chi connectivity index (χ1v) is 8.35. The molecule has 6 heteroatoms. The molecule has 3 aromatic rings. The van der Waals surface area contributed by atoms with Crippen LogP contribution in [0.4, 0.5) is 5.69 Å². The number of aromatic nitrogens is 1. The number of benzene rings is 2. The summed E-state index contributed by atoms with van der Waals surface area (Å²) in [5.41, 5.74) is 2.09. The lowest BCUT2D eigenvalue weighted by molar-refractivity contribution is -0.688. The van der Waals surface area contributed by atoms with Crippen LogP contribution in [0.3, 0.4) is 0 Å². The smallest absolute Gasteiger partial charge is 0.269 e. The van der Waals surface area contributed by atoms with Crippen LogP contribution in [-0.4, -0.2) is 10.7 Å². The quantitative estimate of drug-likeness (QED) is 0.283. The third-order valence-electron chi connectivity index (χ3n) is 3.77. The molecule has 0 aliphatic rings. The predicted molar refractivity (Wildman–Crippen MR) is 96.4 cm³/mol. The van der Waals surface area contributed by atoms with Crippen molar-refractivity contribution in [1.82, 2.24) is 0 Å². The maximum Gasteiger partial charge on any atom is 0.269 e. The van der Waals surface area contributed by atoms with Crippen molar-refractivity contribution in [2.45, 2.75) is 6.54 Å². The van der Waals surface area contributed by atoms with Gasteiger partial charge in [0.25, 0.3) is 5.69 Å². The molecule has 0 spiro atoms. The number of rotatable bonds is 5. The minimum atomic E-state index is -0.484. The summed E-state index contributed by atoms with van der Waals surface area (Å²) in [6.45, 7) is 0.708. The highest BCUT2D eigenvalue weighted by Crippen LogP contribution is 2.15. The maximum atomic E-state index is 12.5. The van der Waals surface area contributed by atoms with Crippen LogP contribution in [0.5, 0.6) is 0 Å². The van der Waals surface area contributed by atoms with Gasteiger partial charge in [0.15, 0.2) is 24.7 Å². The first-order chi connectivity index (χ1) is 12.0. The lowest BCUT2D eigenvalue weighted by atomic mass is 10.0. The number of halogens is 1. The van der Waals surface area contributed by atoms with Crippen molar-refractivity contribution >= 4 is 27.4 Å². The summed E-state index contributed by atoms with van der Waals surface area (Å²) in [5, 5.41) is 10.7. The van der Waals surface area contributed by atoms with Crippen molar-refractivity contribution in [2.24, 2.45) is 0 Å². The standard InChI is InChI=1S/C19H14BrN2O3/c20-17-5-1-14(2-6-17)13-21-11-9-16(10-12-21)19(23)15-3-7-18(8-4-15)22(24)25/h1-12H,13H2/q+1. The number of carbonyl (C=O) groups is 1. The van der Waals surface area contributed by atoms with E-state index in [2.05, 4.69) is 15.9 Å². The summed E-state index contributed by atoms with van der Waals surface area (Å²) in [6.07, 6.45) is 3.70. The molecule has 0 fully saturated rings. The lowest BCUT2D eigenvalue weighted by Gasteiger charge is -2.02. The second-order valence-electron chi connectivity index (χ2n) is 5.52. The molecule has 0 saturated heterocycles. The topological polar surface area (TPSA) is 64.1 Å². The van der Waals surface area contributed by atoms with E-state index in [-0.39, 0.29) is 11.5 Å². The Labute approximate surface area is 152 Å². The number of non-ortho nitro benzene ring substituents is 1. The van der Waals surface area contributed by atoms with Crippen LogP contribution >= 0.6 is 15.9 Å². The average Bonchev–Trinajstić information content (AvgIpc) is 2.64. The van der Waals surface area contributed by atoms with E-state index in [0.29, 0.717) is 17.7 Å². The van der Waals surface area contributed by atoms with Gasteiger partial charge in [-0.15, -0.1) is 0 Å². The molecule has 0 bridgehead atoms. The normalized spacial score (nSPS) is 10.4. The van der Waals surface area contributed by atoms with Gasteiger partial charge in [-0.3, -0.25) is 14.9 Å². The fourth-order valence-electron chi connectivity index (χ4n) is 2.42. The summed E-state index contributed by atoms with van der Waals surface area (Å²) in [4.78, 5) is 22.6. The summed E-state index contributed by atoms with van der Waals surface area (Å²) in [7, 11) is 0. The molecule has 0 saturated carbocycles. The zero-order chi connectivity index (χ0) is 17.8. The van der Waals surface area contributed by atoms with Gasteiger partial charge in [-0.05, 0) is 24.3 Å². The van der Waals surface area contributed by atoms with Crippen LogP contribution < -0.4 is 4.57 Å². The van der Waals surface area contributed by atoms with Crippen LogP contribution in [0.2, 0.25) is 0 Å². The fraction of sp³-hybridized carbons (Fsp3) is 0.0526. The van der Waals surface area contributed by atoms with Gasteiger partial charge in [-0.25, -0.2) is 4.57 Å². The first kappa shape index (κ1) is 17.0. The number of hydrogen-bond donors (Lipinski definition) is 0. The number of ketones is 1. The van der Waals surface area contributed by atoms with Gasteiger partial charge < -0.3 is 0 Å². The molecule has 0 radical (unpaired) electrons. The molecule has 1 aromatic heterocycles. The van der Waals surface area contributed by atoms with Crippen LogP contribution in [0.25, 0.3) is 0 Å². The monoisotopic (exact) mass is 397 g/mol.